The van der Waals surface area contributed by atoms with Crippen LogP contribution in [-0.2, 0) is 9.53 Å². The first kappa shape index (κ1) is 28.7. The summed E-state index contributed by atoms with van der Waals surface area (Å²) in [5, 5.41) is 16.8. The lowest BCUT2D eigenvalue weighted by atomic mass is 10.1. The summed E-state index contributed by atoms with van der Waals surface area (Å²) >= 11 is 31.1. The van der Waals surface area contributed by atoms with Gasteiger partial charge < -0.3 is 15.4 Å². The molecule has 0 heterocycles. The molecule has 0 bridgehead atoms. The van der Waals surface area contributed by atoms with Crippen molar-refractivity contribution in [1.82, 2.24) is 0 Å². The average molecular weight is 622 g/mol. The quantitative estimate of drug-likeness (QED) is 0.139. The molecule has 0 radical (unpaired) electrons. The molecule has 0 saturated heterocycles. The van der Waals surface area contributed by atoms with Crippen LogP contribution in [0.15, 0.2) is 54.6 Å². The lowest BCUT2D eigenvalue weighted by Crippen LogP contribution is -2.23. The first-order chi connectivity index (χ1) is 17.9. The van der Waals surface area contributed by atoms with Crippen molar-refractivity contribution in [2.45, 2.75) is 10.3 Å². The number of methoxy groups -OCH3 is 1. The largest absolute Gasteiger partial charge is 0.362 e. The standard InChI is InChI=1S/C25H19Cl5FN3O4/c1-38-11-34(37)20-9-13(31)3-7-19(20)33-23(35)15-10-14(4-6-16(15)26)32-24(36)22-21(25(22,29)30)12-2-5-17(27)18(28)8-12/h2-10,21-22,37H,11H2,1H3,(H,32,36)(H,33,35)/t21-,22+/m0/s1. The van der Waals surface area contributed by atoms with E-state index in [0.29, 0.717) is 20.7 Å². The number of anilines is 3. The van der Waals surface area contributed by atoms with Gasteiger partial charge >= 0.3 is 0 Å². The topological polar surface area (TPSA) is 90.9 Å². The number of carbonyl (C=O) groups excluding carboxylic acids is 2. The molecule has 0 unspecified atom stereocenters. The van der Waals surface area contributed by atoms with E-state index in [-0.39, 0.29) is 34.4 Å². The van der Waals surface area contributed by atoms with Crippen molar-refractivity contribution in [3.63, 3.8) is 0 Å². The molecule has 0 aromatic heterocycles. The molecule has 1 fully saturated rings. The fourth-order valence-electron chi connectivity index (χ4n) is 3.98. The van der Waals surface area contributed by atoms with Crippen LogP contribution >= 0.6 is 58.0 Å². The Bertz CT molecular complexity index is 1410. The SMILES string of the molecule is COCN(O)c1cc(F)ccc1NC(=O)c1cc(NC(=O)[C@H]2[C@H](c3ccc(Cl)c(Cl)c3)C2(Cl)Cl)ccc1Cl. The van der Waals surface area contributed by atoms with Crippen LogP contribution in [0.25, 0.3) is 0 Å². The van der Waals surface area contributed by atoms with Gasteiger partial charge in [0.05, 0.1) is 37.9 Å². The number of hydroxylamine groups is 1. The monoisotopic (exact) mass is 619 g/mol. The van der Waals surface area contributed by atoms with Gasteiger partial charge in [0.15, 0.2) is 0 Å². The minimum Gasteiger partial charge on any atom is -0.362 e. The van der Waals surface area contributed by atoms with Crippen molar-refractivity contribution < 1.29 is 23.9 Å². The van der Waals surface area contributed by atoms with Crippen LogP contribution in [0.1, 0.15) is 21.8 Å². The normalized spacial score (nSPS) is 17.6. The Labute approximate surface area is 242 Å². The minimum absolute atomic E-state index is 0.0100. The molecule has 3 aromatic carbocycles. The number of benzene rings is 3. The van der Waals surface area contributed by atoms with Gasteiger partial charge in [0.2, 0.25) is 5.91 Å². The van der Waals surface area contributed by atoms with E-state index in [2.05, 4.69) is 10.6 Å². The van der Waals surface area contributed by atoms with Gasteiger partial charge in [-0.25, -0.2) is 9.45 Å². The molecule has 0 spiro atoms. The first-order valence-corrected chi connectivity index (χ1v) is 12.8. The smallest absolute Gasteiger partial charge is 0.257 e. The highest BCUT2D eigenvalue weighted by Gasteiger charge is 2.67. The maximum atomic E-state index is 13.8. The predicted octanol–water partition coefficient (Wildman–Crippen LogP) is 7.36. The lowest BCUT2D eigenvalue weighted by Gasteiger charge is -2.20. The van der Waals surface area contributed by atoms with Crippen LogP contribution < -0.4 is 15.7 Å². The maximum Gasteiger partial charge on any atom is 0.257 e. The molecule has 13 heteroatoms. The van der Waals surface area contributed by atoms with Gasteiger partial charge in [0.25, 0.3) is 5.91 Å². The van der Waals surface area contributed by atoms with Crippen LogP contribution in [0, 0.1) is 11.7 Å². The molecule has 1 saturated carbocycles. The molecule has 38 heavy (non-hydrogen) atoms. The molecule has 1 aliphatic carbocycles. The van der Waals surface area contributed by atoms with Gasteiger partial charge in [-0.3, -0.25) is 14.8 Å². The van der Waals surface area contributed by atoms with Gasteiger partial charge in [0, 0.05) is 24.8 Å². The summed E-state index contributed by atoms with van der Waals surface area (Å²) in [6.07, 6.45) is 0. The van der Waals surface area contributed by atoms with Crippen molar-refractivity contribution in [2.75, 3.05) is 29.5 Å². The van der Waals surface area contributed by atoms with E-state index in [1.165, 1.54) is 31.4 Å². The van der Waals surface area contributed by atoms with Gasteiger partial charge in [-0.15, -0.1) is 23.2 Å². The third kappa shape index (κ3) is 5.97. The number of alkyl halides is 2. The zero-order valence-corrected chi connectivity index (χ0v) is 23.2. The summed E-state index contributed by atoms with van der Waals surface area (Å²) < 4.78 is 17.2. The number of hydrogen-bond donors (Lipinski definition) is 3. The second kappa shape index (κ2) is 11.4. The van der Waals surface area contributed by atoms with Crippen LogP contribution in [-0.4, -0.2) is 35.2 Å². The molecular formula is C25H19Cl5FN3O4. The zero-order chi connectivity index (χ0) is 27.8. The molecular weight excluding hydrogens is 603 g/mol. The average Bonchev–Trinajstić information content (AvgIpc) is 3.45. The number of amides is 2. The number of nitrogens with one attached hydrogen (secondary N) is 2. The summed E-state index contributed by atoms with van der Waals surface area (Å²) in [7, 11) is 1.34. The Kier molecular flexibility index (Phi) is 8.64. The van der Waals surface area contributed by atoms with E-state index in [4.69, 9.17) is 62.7 Å². The van der Waals surface area contributed by atoms with Crippen molar-refractivity contribution >= 4 is 86.9 Å². The number of halogens is 6. The van der Waals surface area contributed by atoms with Crippen molar-refractivity contribution in [3.8, 4) is 0 Å². The molecule has 0 aliphatic heterocycles. The van der Waals surface area contributed by atoms with Gasteiger partial charge in [-0.05, 0) is 48.0 Å². The Hall–Kier alpha value is -2.30. The minimum atomic E-state index is -1.37. The highest BCUT2D eigenvalue weighted by molar-refractivity contribution is 6.53. The summed E-state index contributed by atoms with van der Waals surface area (Å²) in [6, 6.07) is 12.6. The summed E-state index contributed by atoms with van der Waals surface area (Å²) in [5.41, 5.74) is 0.982. The number of rotatable bonds is 8. The molecule has 7 nitrogen and oxygen atoms in total. The molecule has 200 valence electrons. The summed E-state index contributed by atoms with van der Waals surface area (Å²) in [5.74, 6) is -3.11. The second-order valence-electron chi connectivity index (χ2n) is 8.42. The van der Waals surface area contributed by atoms with Crippen LogP contribution in [0.3, 0.4) is 0 Å². The maximum absolute atomic E-state index is 13.8. The van der Waals surface area contributed by atoms with E-state index in [1.54, 1.807) is 18.2 Å². The number of ether oxygens (including phenoxy) is 1. The Morgan fingerprint density at radius 1 is 1.00 bits per heavy atom. The third-order valence-electron chi connectivity index (χ3n) is 5.85. The van der Waals surface area contributed by atoms with Gasteiger partial charge in [-0.2, -0.15) is 0 Å². The highest BCUT2D eigenvalue weighted by atomic mass is 35.5. The molecule has 1 aliphatic rings. The Balaban J connectivity index is 1.52. The predicted molar refractivity (Wildman–Crippen MR) is 148 cm³/mol. The van der Waals surface area contributed by atoms with E-state index in [1.807, 2.05) is 0 Å². The van der Waals surface area contributed by atoms with E-state index < -0.39 is 33.8 Å². The van der Waals surface area contributed by atoms with E-state index in [9.17, 15) is 19.2 Å². The number of carbonyl (C=O) groups is 2. The molecule has 3 N–H and O–H groups in total. The fraction of sp³-hybridized carbons (Fsp3) is 0.200. The molecule has 2 atom stereocenters. The third-order valence-corrected chi connectivity index (χ3v) is 7.86. The van der Waals surface area contributed by atoms with Crippen LogP contribution in [0.5, 0.6) is 0 Å². The Morgan fingerprint density at radius 2 is 1.71 bits per heavy atom. The molecule has 3 aromatic rings. The number of nitrogens with zero attached hydrogens (tertiary/aromatic N) is 1. The second-order valence-corrected chi connectivity index (χ2v) is 11.1. The van der Waals surface area contributed by atoms with Crippen LogP contribution in [0.2, 0.25) is 15.1 Å². The van der Waals surface area contributed by atoms with Gasteiger partial charge in [0.1, 0.15) is 16.9 Å². The molecule has 4 rings (SSSR count). The summed E-state index contributed by atoms with van der Waals surface area (Å²) in [6.45, 7) is -0.276. The zero-order valence-electron chi connectivity index (χ0n) is 19.4. The van der Waals surface area contributed by atoms with Crippen molar-refractivity contribution in [2.24, 2.45) is 5.92 Å². The van der Waals surface area contributed by atoms with Crippen molar-refractivity contribution in [3.05, 3.63) is 86.6 Å². The first-order valence-electron chi connectivity index (χ1n) is 10.9. The lowest BCUT2D eigenvalue weighted by molar-refractivity contribution is -0.117. The highest BCUT2D eigenvalue weighted by Crippen LogP contribution is 2.65. The number of hydrogen-bond acceptors (Lipinski definition) is 5. The van der Waals surface area contributed by atoms with Crippen LogP contribution in [0.4, 0.5) is 21.5 Å². The molecule has 2 amide bonds. The van der Waals surface area contributed by atoms with Crippen molar-refractivity contribution in [1.29, 1.82) is 0 Å². The summed E-state index contributed by atoms with van der Waals surface area (Å²) in [4.78, 5) is 26.1. The Morgan fingerprint density at radius 3 is 2.39 bits per heavy atom. The fourth-order valence-corrected chi connectivity index (χ4v) is 5.31. The van der Waals surface area contributed by atoms with E-state index >= 15 is 0 Å². The van der Waals surface area contributed by atoms with E-state index in [0.717, 1.165) is 12.1 Å². The van der Waals surface area contributed by atoms with Gasteiger partial charge in [-0.1, -0.05) is 40.9 Å².